The average Bonchev–Trinajstić information content (AvgIpc) is 3.97. The molecule has 0 bridgehead atoms. The van der Waals surface area contributed by atoms with Gasteiger partial charge in [0.2, 0.25) is 17.7 Å². The van der Waals surface area contributed by atoms with Crippen LogP contribution in [0.25, 0.3) is 6.08 Å². The highest BCUT2D eigenvalue weighted by atomic mass is 16.8. The Balaban J connectivity index is 1.21. The van der Waals surface area contributed by atoms with Crippen molar-refractivity contribution in [2.45, 2.75) is 75.1 Å². The van der Waals surface area contributed by atoms with E-state index in [1.807, 2.05) is 6.08 Å². The van der Waals surface area contributed by atoms with Crippen molar-refractivity contribution < 1.29 is 38.5 Å². The van der Waals surface area contributed by atoms with Crippen molar-refractivity contribution in [2.24, 2.45) is 11.8 Å². The summed E-state index contributed by atoms with van der Waals surface area (Å²) in [6, 6.07) is 6.16. The summed E-state index contributed by atoms with van der Waals surface area (Å²) < 4.78 is 19.4. The van der Waals surface area contributed by atoms with Gasteiger partial charge in [0.25, 0.3) is 0 Å². The van der Waals surface area contributed by atoms with E-state index >= 15 is 0 Å². The van der Waals surface area contributed by atoms with E-state index in [2.05, 4.69) is 5.32 Å². The summed E-state index contributed by atoms with van der Waals surface area (Å²) in [5.74, 6) is -1.36. The lowest BCUT2D eigenvalue weighted by Crippen LogP contribution is -2.49. The predicted molar refractivity (Wildman–Crippen MR) is 159 cm³/mol. The van der Waals surface area contributed by atoms with E-state index < -0.39 is 36.1 Å². The molecule has 4 fully saturated rings. The minimum atomic E-state index is -0.752. The Morgan fingerprint density at radius 3 is 2.41 bits per heavy atom. The molecule has 6 rings (SSSR count). The third-order valence-electron chi connectivity index (χ3n) is 9.18. The number of rotatable bonds is 10. The maximum Gasteiger partial charge on any atom is 0.338 e. The summed E-state index contributed by atoms with van der Waals surface area (Å²) in [4.78, 5) is 55.0. The third-order valence-corrected chi connectivity index (χ3v) is 9.18. The molecule has 0 aromatic heterocycles. The van der Waals surface area contributed by atoms with E-state index in [0.29, 0.717) is 42.4 Å². The van der Waals surface area contributed by atoms with E-state index in [1.165, 1.54) is 11.0 Å². The number of benzene rings is 1. The molecule has 11 nitrogen and oxygen atoms in total. The number of carbonyl (C=O) groups excluding carboxylic acids is 4. The van der Waals surface area contributed by atoms with Crippen LogP contribution in [0, 0.1) is 11.8 Å². The van der Waals surface area contributed by atoms with Crippen molar-refractivity contribution in [1.82, 2.24) is 15.1 Å². The van der Waals surface area contributed by atoms with Gasteiger partial charge in [0.05, 0.1) is 12.2 Å². The second kappa shape index (κ2) is 12.5. The van der Waals surface area contributed by atoms with Crippen molar-refractivity contribution in [3.63, 3.8) is 0 Å². The van der Waals surface area contributed by atoms with Gasteiger partial charge in [-0.05, 0) is 68.4 Å². The lowest BCUT2D eigenvalue weighted by Gasteiger charge is -2.33. The van der Waals surface area contributed by atoms with Crippen LogP contribution in [-0.2, 0) is 28.6 Å². The molecule has 2 saturated heterocycles. The fourth-order valence-electron chi connectivity index (χ4n) is 6.58. The fraction of sp³-hybridized carbons (Fsp3) is 0.576. The van der Waals surface area contributed by atoms with Crippen LogP contribution in [-0.4, -0.2) is 103 Å². The van der Waals surface area contributed by atoms with Gasteiger partial charge in [0.1, 0.15) is 24.4 Å². The quantitative estimate of drug-likeness (QED) is 0.305. The number of ether oxygens (including phenoxy) is 3. The molecule has 0 unspecified atom stereocenters. The summed E-state index contributed by atoms with van der Waals surface area (Å²) in [5, 5.41) is 11.8. The molecule has 236 valence electrons. The maximum absolute atomic E-state index is 13.9. The van der Waals surface area contributed by atoms with E-state index in [0.717, 1.165) is 31.2 Å². The number of carbonyl (C=O) groups is 4. The van der Waals surface area contributed by atoms with E-state index in [1.54, 1.807) is 49.3 Å². The first kappa shape index (κ1) is 30.5. The Hall–Kier alpha value is -3.54. The number of likely N-dealkylation sites (N-methyl/N-ethyl adjacent to an activating group) is 1. The van der Waals surface area contributed by atoms with Crippen molar-refractivity contribution in [3.8, 4) is 0 Å². The number of hydrogen-bond acceptors (Lipinski definition) is 8. The summed E-state index contributed by atoms with van der Waals surface area (Å²) in [7, 11) is 3.35. The summed E-state index contributed by atoms with van der Waals surface area (Å²) in [6.45, 7) is 0.394. The molecule has 2 N–H and O–H groups in total. The van der Waals surface area contributed by atoms with Gasteiger partial charge in [0.15, 0.2) is 5.79 Å². The molecule has 1 aromatic rings. The lowest BCUT2D eigenvalue weighted by molar-refractivity contribution is -0.209. The monoisotopic (exact) mass is 607 g/mol. The Morgan fingerprint density at radius 2 is 1.77 bits per heavy atom. The normalized spacial score (nSPS) is 27.5. The number of hydrogen-bond donors (Lipinski definition) is 2. The van der Waals surface area contributed by atoms with Crippen LogP contribution in [0.5, 0.6) is 0 Å². The number of nitrogens with one attached hydrogen (secondary N) is 1. The summed E-state index contributed by atoms with van der Waals surface area (Å²) in [6.07, 6.45) is 8.60. The van der Waals surface area contributed by atoms with Crippen LogP contribution < -0.4 is 5.32 Å². The van der Waals surface area contributed by atoms with E-state index in [9.17, 15) is 19.2 Å². The molecule has 44 heavy (non-hydrogen) atoms. The van der Waals surface area contributed by atoms with Gasteiger partial charge in [0, 0.05) is 57.1 Å². The summed E-state index contributed by atoms with van der Waals surface area (Å²) in [5.41, 5.74) is 1.55. The van der Waals surface area contributed by atoms with E-state index in [-0.39, 0.29) is 37.3 Å². The minimum Gasteiger partial charge on any atom is -0.456 e. The molecular weight excluding hydrogens is 566 g/mol. The first-order valence-corrected chi connectivity index (χ1v) is 15.7. The Kier molecular flexibility index (Phi) is 8.63. The fourth-order valence-corrected chi connectivity index (χ4v) is 6.58. The molecule has 4 atom stereocenters. The summed E-state index contributed by atoms with van der Waals surface area (Å²) >= 11 is 0. The molecule has 3 amide bonds. The predicted octanol–water partition coefficient (Wildman–Crippen LogP) is 2.04. The van der Waals surface area contributed by atoms with Crippen molar-refractivity contribution in [3.05, 3.63) is 53.1 Å². The number of esters is 1. The van der Waals surface area contributed by atoms with Crippen LogP contribution in [0.15, 0.2) is 42.0 Å². The molecular formula is C33H41N3O8. The number of nitrogens with zero attached hydrogens (tertiary/aromatic N) is 2. The molecule has 3 aliphatic carbocycles. The van der Waals surface area contributed by atoms with Crippen molar-refractivity contribution in [1.29, 1.82) is 0 Å². The number of fused-ring (bicyclic) bond motifs is 1. The molecule has 5 aliphatic rings. The molecule has 0 spiro atoms. The van der Waals surface area contributed by atoms with Gasteiger partial charge in [-0.1, -0.05) is 12.1 Å². The highest BCUT2D eigenvalue weighted by molar-refractivity contribution is 5.98. The molecule has 2 saturated carbocycles. The topological polar surface area (TPSA) is 135 Å². The van der Waals surface area contributed by atoms with Gasteiger partial charge in [-0.3, -0.25) is 14.4 Å². The zero-order chi connectivity index (χ0) is 31.0. The van der Waals surface area contributed by atoms with Gasteiger partial charge in [-0.25, -0.2) is 4.79 Å². The highest BCUT2D eigenvalue weighted by Crippen LogP contribution is 2.59. The average molecular weight is 608 g/mol. The second-order valence-corrected chi connectivity index (χ2v) is 12.6. The van der Waals surface area contributed by atoms with Gasteiger partial charge < -0.3 is 34.4 Å². The smallest absolute Gasteiger partial charge is 0.338 e. The van der Waals surface area contributed by atoms with Gasteiger partial charge >= 0.3 is 5.97 Å². The number of likely N-dealkylation sites (tertiary alicyclic amines) is 1. The molecule has 11 heteroatoms. The van der Waals surface area contributed by atoms with E-state index in [4.69, 9.17) is 19.3 Å². The zero-order valence-electron chi connectivity index (χ0n) is 25.3. The first-order valence-electron chi connectivity index (χ1n) is 15.7. The van der Waals surface area contributed by atoms with Gasteiger partial charge in [-0.15, -0.1) is 0 Å². The lowest BCUT2D eigenvalue weighted by atomic mass is 9.91. The highest BCUT2D eigenvalue weighted by Gasteiger charge is 2.64. The Bertz CT molecular complexity index is 1330. The van der Waals surface area contributed by atoms with Crippen LogP contribution in [0.4, 0.5) is 0 Å². The number of amides is 3. The minimum absolute atomic E-state index is 0.128. The van der Waals surface area contributed by atoms with Crippen LogP contribution in [0.3, 0.4) is 0 Å². The SMILES string of the molecule is CN(C)C(=O)C=Cc1ccc(C(=O)O[C@@H]2CC(C(=O)N3CCC[C@@H]3C(=O)NCCO)=C[C@H]3OC(C4CC4)(C4CC4)O[C@H]32)cc1. The van der Waals surface area contributed by atoms with Gasteiger partial charge in [-0.2, -0.15) is 0 Å². The molecule has 2 aliphatic heterocycles. The largest absolute Gasteiger partial charge is 0.456 e. The Labute approximate surface area is 257 Å². The molecule has 0 radical (unpaired) electrons. The van der Waals surface area contributed by atoms with Crippen molar-refractivity contribution in [2.75, 3.05) is 33.8 Å². The third kappa shape index (κ3) is 6.18. The first-order chi connectivity index (χ1) is 21.2. The second-order valence-electron chi connectivity index (χ2n) is 12.6. The molecule has 1 aromatic carbocycles. The Morgan fingerprint density at radius 1 is 1.07 bits per heavy atom. The number of aliphatic hydroxyl groups excluding tert-OH is 1. The van der Waals surface area contributed by atoms with Crippen LogP contribution in [0.1, 0.15) is 60.9 Å². The van der Waals surface area contributed by atoms with Crippen LogP contribution >= 0.6 is 0 Å². The maximum atomic E-state index is 13.9. The standard InChI is InChI=1S/C33H41N3O8/c1-35(2)28(38)14-7-20-5-8-21(9-6-20)32(41)42-26-18-22(31(40)36-16-3-4-25(36)30(39)34-15-17-37)19-27-29(26)44-33(43-27,23-10-11-23)24-12-13-24/h5-9,14,19,23-27,29,37H,3-4,10-13,15-18H2,1-2H3,(H,34,39)/t25-,26-,27-,29+/m1/s1. The zero-order valence-corrected chi connectivity index (χ0v) is 25.3. The van der Waals surface area contributed by atoms with Crippen molar-refractivity contribution >= 4 is 29.8 Å². The number of aliphatic hydroxyl groups is 1. The molecule has 2 heterocycles. The van der Waals surface area contributed by atoms with Crippen LogP contribution in [0.2, 0.25) is 0 Å².